The zero-order chi connectivity index (χ0) is 20.7. The SMILES string of the molecule is O=c1oc2ccccc2c2c1NC(c1ccc([N+](=O)[O-])cc1)CC2c1ccccc1. The summed E-state index contributed by atoms with van der Waals surface area (Å²) in [5.41, 5.74) is 3.60. The Kier molecular flexibility index (Phi) is 4.32. The van der Waals surface area contributed by atoms with E-state index in [4.69, 9.17) is 4.42 Å². The molecule has 2 unspecified atom stereocenters. The second-order valence-corrected chi connectivity index (χ2v) is 7.42. The lowest BCUT2D eigenvalue weighted by molar-refractivity contribution is -0.384. The molecule has 2 atom stereocenters. The second kappa shape index (κ2) is 7.15. The van der Waals surface area contributed by atoms with E-state index in [0.29, 0.717) is 17.7 Å². The van der Waals surface area contributed by atoms with Gasteiger partial charge < -0.3 is 9.73 Å². The van der Waals surface area contributed by atoms with Crippen LogP contribution in [0.2, 0.25) is 0 Å². The van der Waals surface area contributed by atoms with Crippen LogP contribution >= 0.6 is 0 Å². The maximum Gasteiger partial charge on any atom is 0.360 e. The van der Waals surface area contributed by atoms with E-state index >= 15 is 0 Å². The van der Waals surface area contributed by atoms with Gasteiger partial charge in [-0.3, -0.25) is 10.1 Å². The van der Waals surface area contributed by atoms with E-state index in [1.54, 1.807) is 12.1 Å². The fraction of sp³-hybridized carbons (Fsp3) is 0.125. The van der Waals surface area contributed by atoms with Crippen molar-refractivity contribution in [3.8, 4) is 0 Å². The van der Waals surface area contributed by atoms with E-state index in [0.717, 1.165) is 22.1 Å². The molecule has 1 N–H and O–H groups in total. The number of fused-ring (bicyclic) bond motifs is 3. The van der Waals surface area contributed by atoms with Crippen LogP contribution in [-0.4, -0.2) is 4.92 Å². The van der Waals surface area contributed by atoms with E-state index in [2.05, 4.69) is 17.4 Å². The van der Waals surface area contributed by atoms with Crippen molar-refractivity contribution < 1.29 is 9.34 Å². The molecular formula is C24H18N2O4. The van der Waals surface area contributed by atoms with E-state index in [1.807, 2.05) is 42.5 Å². The van der Waals surface area contributed by atoms with E-state index in [-0.39, 0.29) is 17.6 Å². The minimum absolute atomic E-state index is 0.0170. The number of hydrogen-bond donors (Lipinski definition) is 1. The largest absolute Gasteiger partial charge is 0.421 e. The third kappa shape index (κ3) is 3.03. The topological polar surface area (TPSA) is 85.4 Å². The van der Waals surface area contributed by atoms with Crippen LogP contribution in [0.4, 0.5) is 11.4 Å². The Bertz CT molecular complexity index is 1300. The van der Waals surface area contributed by atoms with Gasteiger partial charge in [0.05, 0.1) is 11.0 Å². The molecule has 3 aromatic carbocycles. The van der Waals surface area contributed by atoms with Gasteiger partial charge in [-0.1, -0.05) is 60.7 Å². The van der Waals surface area contributed by atoms with Gasteiger partial charge in [0.25, 0.3) is 5.69 Å². The van der Waals surface area contributed by atoms with Gasteiger partial charge >= 0.3 is 5.63 Å². The molecule has 30 heavy (non-hydrogen) atoms. The van der Waals surface area contributed by atoms with E-state index < -0.39 is 10.5 Å². The lowest BCUT2D eigenvalue weighted by Gasteiger charge is -2.33. The third-order valence-electron chi connectivity index (χ3n) is 5.70. The third-order valence-corrected chi connectivity index (χ3v) is 5.70. The van der Waals surface area contributed by atoms with Crippen LogP contribution < -0.4 is 10.9 Å². The highest BCUT2D eigenvalue weighted by atomic mass is 16.6. The van der Waals surface area contributed by atoms with Gasteiger partial charge in [-0.25, -0.2) is 4.79 Å². The van der Waals surface area contributed by atoms with Crippen LogP contribution in [0.3, 0.4) is 0 Å². The molecule has 1 aromatic heterocycles. The van der Waals surface area contributed by atoms with Crippen LogP contribution in [0.25, 0.3) is 11.0 Å². The van der Waals surface area contributed by atoms with Crippen LogP contribution in [0.1, 0.15) is 35.1 Å². The number of anilines is 1. The molecule has 6 nitrogen and oxygen atoms in total. The Morgan fingerprint density at radius 2 is 1.60 bits per heavy atom. The summed E-state index contributed by atoms with van der Waals surface area (Å²) in [6, 6.07) is 23.9. The molecule has 5 rings (SSSR count). The highest BCUT2D eigenvalue weighted by Gasteiger charge is 2.33. The van der Waals surface area contributed by atoms with Gasteiger partial charge in [-0.05, 0) is 23.6 Å². The quantitative estimate of drug-likeness (QED) is 0.284. The number of nitrogens with one attached hydrogen (secondary N) is 1. The number of para-hydroxylation sites is 1. The van der Waals surface area contributed by atoms with Crippen LogP contribution in [0, 0.1) is 10.1 Å². The molecule has 4 aromatic rings. The maximum atomic E-state index is 12.9. The van der Waals surface area contributed by atoms with Gasteiger partial charge in [0.15, 0.2) is 0 Å². The molecule has 0 aliphatic carbocycles. The van der Waals surface area contributed by atoms with E-state index in [1.165, 1.54) is 12.1 Å². The summed E-state index contributed by atoms with van der Waals surface area (Å²) < 4.78 is 5.57. The first kappa shape index (κ1) is 18.1. The first-order valence-electron chi connectivity index (χ1n) is 9.73. The Balaban J connectivity index is 1.68. The average molecular weight is 398 g/mol. The van der Waals surface area contributed by atoms with Gasteiger partial charge in [-0.15, -0.1) is 0 Å². The molecule has 0 saturated heterocycles. The van der Waals surface area contributed by atoms with Crippen molar-refractivity contribution in [1.82, 2.24) is 0 Å². The van der Waals surface area contributed by atoms with Crippen molar-refractivity contribution in [1.29, 1.82) is 0 Å². The minimum Gasteiger partial charge on any atom is -0.421 e. The fourth-order valence-electron chi connectivity index (χ4n) is 4.29. The molecule has 0 spiro atoms. The molecule has 1 aliphatic rings. The predicted molar refractivity (Wildman–Crippen MR) is 115 cm³/mol. The monoisotopic (exact) mass is 398 g/mol. The molecule has 6 heteroatoms. The normalized spacial score (nSPS) is 17.9. The Labute approximate surface area is 171 Å². The maximum absolute atomic E-state index is 12.9. The number of rotatable bonds is 3. The van der Waals surface area contributed by atoms with Crippen LogP contribution in [0.15, 0.2) is 88.1 Å². The average Bonchev–Trinajstić information content (AvgIpc) is 2.79. The number of nitro benzene ring substituents is 1. The molecule has 2 heterocycles. The first-order chi connectivity index (χ1) is 14.6. The second-order valence-electron chi connectivity index (χ2n) is 7.42. The van der Waals surface area contributed by atoms with Gasteiger partial charge in [0.1, 0.15) is 11.3 Å². The molecular weight excluding hydrogens is 380 g/mol. The lowest BCUT2D eigenvalue weighted by Crippen LogP contribution is -2.27. The fourth-order valence-corrected chi connectivity index (χ4v) is 4.29. The summed E-state index contributed by atoms with van der Waals surface area (Å²) in [7, 11) is 0. The van der Waals surface area contributed by atoms with Gasteiger partial charge in [0, 0.05) is 29.0 Å². The van der Waals surface area contributed by atoms with Crippen LogP contribution in [0.5, 0.6) is 0 Å². The van der Waals surface area contributed by atoms with E-state index in [9.17, 15) is 14.9 Å². The van der Waals surface area contributed by atoms with Crippen molar-refractivity contribution in [3.63, 3.8) is 0 Å². The highest BCUT2D eigenvalue weighted by Crippen LogP contribution is 2.45. The summed E-state index contributed by atoms with van der Waals surface area (Å²) in [6.45, 7) is 0. The summed E-state index contributed by atoms with van der Waals surface area (Å²) in [6.07, 6.45) is 0.711. The van der Waals surface area contributed by atoms with Crippen molar-refractivity contribution in [2.45, 2.75) is 18.4 Å². The standard InChI is InChI=1S/C24H18N2O4/c27-24-23-22(18-8-4-5-9-21(18)30-24)19(15-6-2-1-3-7-15)14-20(25-23)16-10-12-17(13-11-16)26(28)29/h1-13,19-20,25H,14H2. The Morgan fingerprint density at radius 1 is 0.900 bits per heavy atom. The smallest absolute Gasteiger partial charge is 0.360 e. The first-order valence-corrected chi connectivity index (χ1v) is 9.73. The summed E-state index contributed by atoms with van der Waals surface area (Å²) in [4.78, 5) is 23.4. The number of nitrogens with zero attached hydrogens (tertiary/aromatic N) is 1. The molecule has 0 bridgehead atoms. The number of non-ortho nitro benzene ring substituents is 1. The zero-order valence-electron chi connectivity index (χ0n) is 15.9. The molecule has 0 radical (unpaired) electrons. The number of nitro groups is 1. The van der Waals surface area contributed by atoms with Crippen molar-refractivity contribution >= 4 is 22.3 Å². The van der Waals surface area contributed by atoms with Crippen molar-refractivity contribution in [2.75, 3.05) is 5.32 Å². The summed E-state index contributed by atoms with van der Waals surface area (Å²) in [5, 5.41) is 15.3. The van der Waals surface area contributed by atoms with Gasteiger partial charge in [0.2, 0.25) is 0 Å². The molecule has 0 amide bonds. The Hall–Kier alpha value is -3.93. The molecule has 0 saturated carbocycles. The minimum atomic E-state index is -0.416. The van der Waals surface area contributed by atoms with Gasteiger partial charge in [-0.2, -0.15) is 0 Å². The molecule has 148 valence electrons. The number of hydrogen-bond acceptors (Lipinski definition) is 5. The Morgan fingerprint density at radius 3 is 2.33 bits per heavy atom. The highest BCUT2D eigenvalue weighted by molar-refractivity contribution is 5.86. The zero-order valence-corrected chi connectivity index (χ0v) is 15.9. The summed E-state index contributed by atoms with van der Waals surface area (Å²) in [5.74, 6) is -0.0170. The predicted octanol–water partition coefficient (Wildman–Crippen LogP) is 5.39. The summed E-state index contributed by atoms with van der Waals surface area (Å²) >= 11 is 0. The molecule has 1 aliphatic heterocycles. The van der Waals surface area contributed by atoms with Crippen molar-refractivity contribution in [2.24, 2.45) is 0 Å². The number of benzene rings is 3. The van der Waals surface area contributed by atoms with Crippen molar-refractivity contribution in [3.05, 3.63) is 116 Å². The lowest BCUT2D eigenvalue weighted by atomic mass is 9.79. The molecule has 0 fully saturated rings. The van der Waals surface area contributed by atoms with Crippen LogP contribution in [-0.2, 0) is 0 Å².